The zero-order valence-corrected chi connectivity index (χ0v) is 23.3. The first kappa shape index (κ1) is 33.0. The van der Waals surface area contributed by atoms with Gasteiger partial charge < -0.3 is 20.7 Å². The predicted molar refractivity (Wildman–Crippen MR) is 142 cm³/mol. The molecule has 1 heterocycles. The topological polar surface area (TPSA) is 156 Å². The summed E-state index contributed by atoms with van der Waals surface area (Å²) >= 11 is 0. The standard InChI is InChI=1S/C25H34N2O5S.C2HF3O2/c1-4-6-12-25(5-2)16-33(30,31)22-14-18(13-20(26)24(28)29)21(32-3)15-19(22)23(27-25)17-10-8-7-9-11-17;3-2(4,5)1(6)7/h7-11,14-15,20,23,27H,4-6,12-13,16,26H2,1-3H3,(H,28,29);(H,6,7)/t20?,23-,25+;/m0./s1. The van der Waals surface area contributed by atoms with Gasteiger partial charge in [-0.3, -0.25) is 10.1 Å². The van der Waals surface area contributed by atoms with E-state index >= 15 is 0 Å². The number of fused-ring (bicyclic) bond motifs is 1. The van der Waals surface area contributed by atoms with Gasteiger partial charge in [0, 0.05) is 12.0 Å². The number of hydrogen-bond acceptors (Lipinski definition) is 7. The van der Waals surface area contributed by atoms with Crippen LogP contribution in [0.25, 0.3) is 0 Å². The average Bonchev–Trinajstić information content (AvgIpc) is 2.99. The lowest BCUT2D eigenvalue weighted by molar-refractivity contribution is -0.192. The number of alkyl halides is 3. The van der Waals surface area contributed by atoms with Crippen LogP contribution in [0.2, 0.25) is 0 Å². The molecule has 40 heavy (non-hydrogen) atoms. The van der Waals surface area contributed by atoms with Crippen LogP contribution in [0.4, 0.5) is 13.2 Å². The molecule has 13 heteroatoms. The van der Waals surface area contributed by atoms with Crippen molar-refractivity contribution in [3.05, 3.63) is 59.2 Å². The Morgan fingerprint density at radius 2 is 1.77 bits per heavy atom. The number of hydrogen-bond donors (Lipinski definition) is 4. The first-order valence-corrected chi connectivity index (χ1v) is 14.3. The molecule has 0 saturated heterocycles. The number of ether oxygens (including phenoxy) is 1. The van der Waals surface area contributed by atoms with E-state index in [4.69, 9.17) is 20.4 Å². The third kappa shape index (κ3) is 8.18. The average molecular weight is 589 g/mol. The summed E-state index contributed by atoms with van der Waals surface area (Å²) in [5, 5.41) is 20.1. The first-order chi connectivity index (χ1) is 18.6. The van der Waals surface area contributed by atoms with Crippen LogP contribution in [0, 0.1) is 0 Å². The van der Waals surface area contributed by atoms with E-state index in [9.17, 15) is 31.5 Å². The summed E-state index contributed by atoms with van der Waals surface area (Å²) in [7, 11) is -2.19. The molecule has 9 nitrogen and oxygen atoms in total. The molecule has 2 aromatic rings. The van der Waals surface area contributed by atoms with Gasteiger partial charge in [0.1, 0.15) is 11.8 Å². The Labute approximate surface area is 231 Å². The molecule has 0 aliphatic carbocycles. The maximum Gasteiger partial charge on any atom is 0.490 e. The lowest BCUT2D eigenvalue weighted by Gasteiger charge is -2.36. The normalized spacial score (nSPS) is 20.7. The van der Waals surface area contributed by atoms with Crippen LogP contribution in [0.1, 0.15) is 62.3 Å². The van der Waals surface area contributed by atoms with Gasteiger partial charge >= 0.3 is 18.1 Å². The Kier molecular flexibility index (Phi) is 11.1. The van der Waals surface area contributed by atoms with Crippen LogP contribution in [0.3, 0.4) is 0 Å². The minimum atomic E-state index is -5.08. The van der Waals surface area contributed by atoms with E-state index in [1.165, 1.54) is 7.11 Å². The van der Waals surface area contributed by atoms with Crippen LogP contribution in [-0.4, -0.2) is 61.2 Å². The highest BCUT2D eigenvalue weighted by Crippen LogP contribution is 2.41. The van der Waals surface area contributed by atoms with Crippen molar-refractivity contribution in [1.82, 2.24) is 5.32 Å². The van der Waals surface area contributed by atoms with Crippen LogP contribution in [0.5, 0.6) is 5.75 Å². The number of carboxylic acid groups (broad SMARTS) is 2. The highest BCUT2D eigenvalue weighted by molar-refractivity contribution is 7.91. The zero-order chi connectivity index (χ0) is 30.3. The number of unbranched alkanes of at least 4 members (excludes halogenated alkanes) is 1. The van der Waals surface area contributed by atoms with Gasteiger partial charge in [-0.05, 0) is 41.7 Å². The fourth-order valence-electron chi connectivity index (χ4n) is 4.60. The van der Waals surface area contributed by atoms with Crippen molar-refractivity contribution in [2.45, 2.75) is 74.6 Å². The van der Waals surface area contributed by atoms with Gasteiger partial charge in [0.25, 0.3) is 0 Å². The molecule has 0 aromatic heterocycles. The zero-order valence-electron chi connectivity index (χ0n) is 22.5. The van der Waals surface area contributed by atoms with Gasteiger partial charge in [-0.25, -0.2) is 13.2 Å². The molecule has 1 aliphatic rings. The molecule has 5 N–H and O–H groups in total. The van der Waals surface area contributed by atoms with Crippen molar-refractivity contribution >= 4 is 21.8 Å². The van der Waals surface area contributed by atoms with Crippen molar-refractivity contribution in [1.29, 1.82) is 0 Å². The fraction of sp³-hybridized carbons (Fsp3) is 0.481. The van der Waals surface area contributed by atoms with Gasteiger partial charge in [0.2, 0.25) is 0 Å². The molecule has 1 unspecified atom stereocenters. The van der Waals surface area contributed by atoms with Crippen LogP contribution < -0.4 is 15.8 Å². The summed E-state index contributed by atoms with van der Waals surface area (Å²) in [5.74, 6) is -3.50. The van der Waals surface area contributed by atoms with Crippen molar-refractivity contribution in [3.63, 3.8) is 0 Å². The third-order valence-electron chi connectivity index (χ3n) is 6.79. The van der Waals surface area contributed by atoms with E-state index in [2.05, 4.69) is 12.2 Å². The lowest BCUT2D eigenvalue weighted by Crippen LogP contribution is -2.50. The van der Waals surface area contributed by atoms with E-state index < -0.39 is 39.5 Å². The molecule has 0 saturated carbocycles. The minimum absolute atomic E-state index is 0.0242. The summed E-state index contributed by atoms with van der Waals surface area (Å²) in [6.07, 6.45) is -1.82. The monoisotopic (exact) mass is 588 g/mol. The smallest absolute Gasteiger partial charge is 0.490 e. The SMILES string of the molecule is CCCC[C@]1(CC)CS(=O)(=O)c2cc(CC(N)C(=O)O)c(OC)cc2[C@H](c2ccccc2)N1.O=C(O)C(F)(F)F. The number of nitrogens with one attached hydrogen (secondary N) is 1. The lowest BCUT2D eigenvalue weighted by atomic mass is 9.87. The number of halogens is 3. The summed E-state index contributed by atoms with van der Waals surface area (Å²) in [4.78, 5) is 20.4. The molecule has 222 valence electrons. The quantitative estimate of drug-likeness (QED) is 0.339. The summed E-state index contributed by atoms with van der Waals surface area (Å²) in [5.41, 5.74) is 7.22. The highest BCUT2D eigenvalue weighted by Gasteiger charge is 2.42. The third-order valence-corrected chi connectivity index (χ3v) is 8.75. The van der Waals surface area contributed by atoms with E-state index in [1.807, 2.05) is 37.3 Å². The maximum atomic E-state index is 13.8. The Morgan fingerprint density at radius 1 is 1.18 bits per heavy atom. The van der Waals surface area contributed by atoms with Gasteiger partial charge in [-0.1, -0.05) is 57.0 Å². The second kappa shape index (κ2) is 13.5. The van der Waals surface area contributed by atoms with E-state index in [-0.39, 0.29) is 23.1 Å². The minimum Gasteiger partial charge on any atom is -0.496 e. The second-order valence-electron chi connectivity index (χ2n) is 9.64. The van der Waals surface area contributed by atoms with E-state index in [0.29, 0.717) is 23.3 Å². The van der Waals surface area contributed by atoms with Crippen molar-refractivity contribution in [2.24, 2.45) is 5.73 Å². The maximum absolute atomic E-state index is 13.8. The molecule has 3 rings (SSSR count). The molecular weight excluding hydrogens is 553 g/mol. The largest absolute Gasteiger partial charge is 0.496 e. The predicted octanol–water partition coefficient (Wildman–Crippen LogP) is 4.09. The Morgan fingerprint density at radius 3 is 2.25 bits per heavy atom. The van der Waals surface area contributed by atoms with Crippen molar-refractivity contribution in [2.75, 3.05) is 12.9 Å². The first-order valence-electron chi connectivity index (χ1n) is 12.7. The number of methoxy groups -OCH3 is 1. The number of benzene rings is 2. The molecule has 3 atom stereocenters. The van der Waals surface area contributed by atoms with Gasteiger partial charge in [0.05, 0.1) is 23.8 Å². The molecule has 0 fully saturated rings. The number of carboxylic acids is 2. The molecule has 2 aromatic carbocycles. The van der Waals surface area contributed by atoms with Crippen LogP contribution >= 0.6 is 0 Å². The summed E-state index contributed by atoms with van der Waals surface area (Å²) in [6, 6.07) is 11.6. The van der Waals surface area contributed by atoms with Crippen molar-refractivity contribution < 1.29 is 46.1 Å². The van der Waals surface area contributed by atoms with Gasteiger partial charge in [-0.2, -0.15) is 13.2 Å². The Balaban J connectivity index is 0.000000708. The van der Waals surface area contributed by atoms with Gasteiger partial charge in [-0.15, -0.1) is 0 Å². The van der Waals surface area contributed by atoms with E-state index in [0.717, 1.165) is 24.8 Å². The molecule has 0 radical (unpaired) electrons. The molecule has 0 bridgehead atoms. The number of rotatable bonds is 9. The molecule has 0 spiro atoms. The molecule has 1 aliphatic heterocycles. The second-order valence-corrected chi connectivity index (χ2v) is 11.6. The summed E-state index contributed by atoms with van der Waals surface area (Å²) < 4.78 is 64.8. The number of nitrogens with two attached hydrogens (primary N) is 1. The van der Waals surface area contributed by atoms with Gasteiger partial charge in [0.15, 0.2) is 9.84 Å². The van der Waals surface area contributed by atoms with Crippen LogP contribution in [0.15, 0.2) is 47.4 Å². The Hall–Kier alpha value is -3.16. The molecular formula is C27H35F3N2O7S. The molecule has 0 amide bonds. The number of aliphatic carboxylic acids is 2. The fourth-order valence-corrected chi connectivity index (χ4v) is 6.77. The van der Waals surface area contributed by atoms with Crippen LogP contribution in [-0.2, 0) is 25.8 Å². The van der Waals surface area contributed by atoms with E-state index in [1.54, 1.807) is 12.1 Å². The van der Waals surface area contributed by atoms with Crippen molar-refractivity contribution in [3.8, 4) is 5.75 Å². The number of carbonyl (C=O) groups is 2. The summed E-state index contributed by atoms with van der Waals surface area (Å²) in [6.45, 7) is 4.12. The highest BCUT2D eigenvalue weighted by atomic mass is 32.2. The number of sulfone groups is 1. The Bertz CT molecular complexity index is 1290.